The number of carbonyl (C=O) groups is 2. The molecule has 124 valence electrons. The Morgan fingerprint density at radius 3 is 2.54 bits per heavy atom. The van der Waals surface area contributed by atoms with Crippen LogP contribution in [0.25, 0.3) is 0 Å². The summed E-state index contributed by atoms with van der Waals surface area (Å²) in [5, 5.41) is 5.52. The highest BCUT2D eigenvalue weighted by molar-refractivity contribution is 9.10. The van der Waals surface area contributed by atoms with Crippen LogP contribution in [0.1, 0.15) is 17.3 Å². The molecule has 0 aliphatic carbocycles. The van der Waals surface area contributed by atoms with Crippen LogP contribution in [0.4, 0.5) is 5.69 Å². The van der Waals surface area contributed by atoms with E-state index < -0.39 is 0 Å². The molecule has 5 nitrogen and oxygen atoms in total. The van der Waals surface area contributed by atoms with E-state index in [1.54, 1.807) is 36.4 Å². The molecule has 0 aromatic heterocycles. The second-order valence-electron chi connectivity index (χ2n) is 4.88. The van der Waals surface area contributed by atoms with E-state index in [0.717, 1.165) is 4.47 Å². The highest BCUT2D eigenvalue weighted by Crippen LogP contribution is 2.16. The zero-order valence-corrected chi connectivity index (χ0v) is 15.2. The zero-order chi connectivity index (χ0) is 17.5. The van der Waals surface area contributed by atoms with Crippen molar-refractivity contribution in [1.82, 2.24) is 5.32 Å². The van der Waals surface area contributed by atoms with Crippen LogP contribution in [0, 0.1) is 0 Å². The van der Waals surface area contributed by atoms with Gasteiger partial charge in [-0.25, -0.2) is 0 Å². The van der Waals surface area contributed by atoms with Crippen LogP contribution in [0.15, 0.2) is 53.0 Å². The van der Waals surface area contributed by atoms with E-state index in [1.807, 2.05) is 12.1 Å². The summed E-state index contributed by atoms with van der Waals surface area (Å²) in [5.41, 5.74) is 1.19. The number of nitrogens with one attached hydrogen (secondary N) is 2. The van der Waals surface area contributed by atoms with Gasteiger partial charge in [-0.1, -0.05) is 28.1 Å². The van der Waals surface area contributed by atoms with Crippen molar-refractivity contribution in [1.29, 1.82) is 0 Å². The van der Waals surface area contributed by atoms with Gasteiger partial charge in [-0.3, -0.25) is 14.9 Å². The number of carbonyl (C=O) groups excluding carboxylic acids is 2. The normalized spacial score (nSPS) is 9.92. The predicted octanol–water partition coefficient (Wildman–Crippen LogP) is 3.54. The van der Waals surface area contributed by atoms with E-state index in [-0.39, 0.29) is 23.4 Å². The number of thiocarbonyl (C=S) groups is 1. The standard InChI is InChI=1S/C17H15BrN2O3S/c1-11(21)12-3-2-4-14(9-12)19-17(24)20-16(22)10-23-15-7-5-13(18)6-8-15/h2-9H,10H2,1H3,(H2,19,20,22,24). The largest absolute Gasteiger partial charge is 0.484 e. The van der Waals surface area contributed by atoms with E-state index >= 15 is 0 Å². The maximum atomic E-state index is 11.8. The van der Waals surface area contributed by atoms with Crippen molar-refractivity contribution >= 4 is 50.6 Å². The van der Waals surface area contributed by atoms with Crippen molar-refractivity contribution in [2.45, 2.75) is 6.92 Å². The Hall–Kier alpha value is -2.25. The van der Waals surface area contributed by atoms with Crippen molar-refractivity contribution < 1.29 is 14.3 Å². The number of halogens is 1. The van der Waals surface area contributed by atoms with E-state index in [2.05, 4.69) is 26.6 Å². The number of ether oxygens (including phenoxy) is 1. The molecule has 0 aliphatic rings. The number of benzene rings is 2. The summed E-state index contributed by atoms with van der Waals surface area (Å²) in [6.07, 6.45) is 0. The fourth-order valence-electron chi connectivity index (χ4n) is 1.82. The minimum atomic E-state index is -0.377. The van der Waals surface area contributed by atoms with Gasteiger partial charge >= 0.3 is 0 Å². The molecule has 0 fully saturated rings. The predicted molar refractivity (Wildman–Crippen MR) is 100 cm³/mol. The van der Waals surface area contributed by atoms with Crippen LogP contribution in [-0.2, 0) is 4.79 Å². The van der Waals surface area contributed by atoms with E-state index in [1.165, 1.54) is 6.92 Å². The summed E-state index contributed by atoms with van der Waals surface area (Å²) < 4.78 is 6.29. The Labute approximate surface area is 153 Å². The molecule has 0 saturated heterocycles. The SMILES string of the molecule is CC(=O)c1cccc(NC(=S)NC(=O)COc2ccc(Br)cc2)c1. The molecular formula is C17H15BrN2O3S. The van der Waals surface area contributed by atoms with Gasteiger partial charge in [-0.15, -0.1) is 0 Å². The third-order valence-electron chi connectivity index (χ3n) is 2.96. The van der Waals surface area contributed by atoms with Crippen molar-refractivity contribution in [3.8, 4) is 5.75 Å². The quantitative estimate of drug-likeness (QED) is 0.586. The van der Waals surface area contributed by atoms with Crippen LogP contribution in [0.2, 0.25) is 0 Å². The molecule has 2 aromatic rings. The second kappa shape index (κ2) is 8.56. The Morgan fingerprint density at radius 1 is 1.17 bits per heavy atom. The third-order valence-corrected chi connectivity index (χ3v) is 3.70. The first-order valence-corrected chi connectivity index (χ1v) is 8.24. The van der Waals surface area contributed by atoms with Gasteiger partial charge in [0.05, 0.1) is 0 Å². The lowest BCUT2D eigenvalue weighted by Crippen LogP contribution is -2.37. The molecule has 2 aromatic carbocycles. The summed E-state index contributed by atoms with van der Waals surface area (Å²) in [4.78, 5) is 23.2. The molecule has 0 atom stereocenters. The average molecular weight is 407 g/mol. The van der Waals surface area contributed by atoms with Gasteiger partial charge in [0.15, 0.2) is 17.5 Å². The number of hydrogen-bond acceptors (Lipinski definition) is 4. The van der Waals surface area contributed by atoms with E-state index in [9.17, 15) is 9.59 Å². The topological polar surface area (TPSA) is 67.4 Å². The molecule has 0 unspecified atom stereocenters. The first kappa shape index (κ1) is 18.1. The van der Waals surface area contributed by atoms with Gasteiger partial charge < -0.3 is 10.1 Å². The molecule has 7 heteroatoms. The smallest absolute Gasteiger partial charge is 0.264 e. The van der Waals surface area contributed by atoms with Gasteiger partial charge in [0.25, 0.3) is 5.91 Å². The summed E-state index contributed by atoms with van der Waals surface area (Å²) in [7, 11) is 0. The Morgan fingerprint density at radius 2 is 1.88 bits per heavy atom. The van der Waals surface area contributed by atoms with Gasteiger partial charge in [-0.05, 0) is 55.5 Å². The summed E-state index contributed by atoms with van der Waals surface area (Å²) in [6, 6.07) is 14.0. The summed E-state index contributed by atoms with van der Waals surface area (Å²) in [5.74, 6) is 0.163. The van der Waals surface area contributed by atoms with Gasteiger partial charge in [0.1, 0.15) is 5.75 Å². The number of hydrogen-bond donors (Lipinski definition) is 2. The number of rotatable bonds is 5. The minimum absolute atomic E-state index is 0.0449. The minimum Gasteiger partial charge on any atom is -0.484 e. The van der Waals surface area contributed by atoms with Crippen LogP contribution in [-0.4, -0.2) is 23.4 Å². The van der Waals surface area contributed by atoms with Crippen LogP contribution in [0.5, 0.6) is 5.75 Å². The lowest BCUT2D eigenvalue weighted by molar-refractivity contribution is -0.121. The Balaban J connectivity index is 1.83. The first-order chi connectivity index (χ1) is 11.4. The number of Topliss-reactive ketones (excluding diaryl/α,β-unsaturated/α-hetero) is 1. The van der Waals surface area contributed by atoms with Crippen molar-refractivity contribution in [2.24, 2.45) is 0 Å². The monoisotopic (exact) mass is 406 g/mol. The lowest BCUT2D eigenvalue weighted by atomic mass is 10.1. The fraction of sp³-hybridized carbons (Fsp3) is 0.118. The molecule has 0 spiro atoms. The summed E-state index contributed by atoms with van der Waals surface area (Å²) in [6.45, 7) is 1.33. The second-order valence-corrected chi connectivity index (χ2v) is 6.21. The number of anilines is 1. The number of amides is 1. The third kappa shape index (κ3) is 5.75. The first-order valence-electron chi connectivity index (χ1n) is 7.04. The molecule has 0 aliphatic heterocycles. The van der Waals surface area contributed by atoms with Crippen LogP contribution >= 0.6 is 28.1 Å². The number of ketones is 1. The molecule has 0 bridgehead atoms. The summed E-state index contributed by atoms with van der Waals surface area (Å²) >= 11 is 8.40. The highest BCUT2D eigenvalue weighted by atomic mass is 79.9. The van der Waals surface area contributed by atoms with Gasteiger partial charge in [-0.2, -0.15) is 0 Å². The highest BCUT2D eigenvalue weighted by Gasteiger charge is 2.07. The lowest BCUT2D eigenvalue weighted by Gasteiger charge is -2.11. The van der Waals surface area contributed by atoms with Gasteiger partial charge in [0.2, 0.25) is 0 Å². The molecule has 2 rings (SSSR count). The van der Waals surface area contributed by atoms with Crippen LogP contribution < -0.4 is 15.4 Å². The Bertz CT molecular complexity index is 763. The molecule has 0 heterocycles. The molecular weight excluding hydrogens is 392 g/mol. The fourth-order valence-corrected chi connectivity index (χ4v) is 2.32. The van der Waals surface area contributed by atoms with Crippen molar-refractivity contribution in [3.05, 3.63) is 58.6 Å². The van der Waals surface area contributed by atoms with Crippen molar-refractivity contribution in [3.63, 3.8) is 0 Å². The molecule has 0 radical (unpaired) electrons. The van der Waals surface area contributed by atoms with Crippen LogP contribution in [0.3, 0.4) is 0 Å². The maximum absolute atomic E-state index is 11.8. The van der Waals surface area contributed by atoms with E-state index in [0.29, 0.717) is 17.0 Å². The van der Waals surface area contributed by atoms with E-state index in [4.69, 9.17) is 17.0 Å². The van der Waals surface area contributed by atoms with Crippen molar-refractivity contribution in [2.75, 3.05) is 11.9 Å². The molecule has 0 saturated carbocycles. The molecule has 24 heavy (non-hydrogen) atoms. The van der Waals surface area contributed by atoms with Gasteiger partial charge in [0, 0.05) is 15.7 Å². The zero-order valence-electron chi connectivity index (χ0n) is 12.8. The molecule has 2 N–H and O–H groups in total. The Kier molecular flexibility index (Phi) is 6.45. The molecule has 1 amide bonds. The maximum Gasteiger partial charge on any atom is 0.264 e. The average Bonchev–Trinajstić information content (AvgIpc) is 2.54.